The highest BCUT2D eigenvalue weighted by atomic mass is 32.2. The lowest BCUT2D eigenvalue weighted by Gasteiger charge is -2.37. The standard InChI is InChI=1S/C30H41N3O5S/c1-22-19-33(23(2)21-34)39(36,37)29-17-16-25(15-14-24-10-6-4-7-11-24)18-27(29)38-28(22)20-32(3)30(35)31-26-12-8-5-9-13-26/h4,6-7,10-11,14-18,22-23,26,28,34H,5,8-9,12-13,19-21H2,1-3H3,(H,31,35)/t22-,23-,28-/m1/s1. The van der Waals surface area contributed by atoms with Crippen molar-refractivity contribution in [3.63, 3.8) is 0 Å². The Kier molecular flexibility index (Phi) is 9.69. The first-order valence-corrected chi connectivity index (χ1v) is 15.3. The van der Waals surface area contributed by atoms with Crippen LogP contribution in [0.3, 0.4) is 0 Å². The van der Waals surface area contributed by atoms with Gasteiger partial charge in [-0.3, -0.25) is 0 Å². The van der Waals surface area contributed by atoms with Gasteiger partial charge in [-0.15, -0.1) is 0 Å². The van der Waals surface area contributed by atoms with Gasteiger partial charge < -0.3 is 20.1 Å². The van der Waals surface area contributed by atoms with Gasteiger partial charge in [0.1, 0.15) is 16.7 Å². The number of fused-ring (bicyclic) bond motifs is 1. The fourth-order valence-corrected chi connectivity index (χ4v) is 7.03. The first kappa shape index (κ1) is 29.1. The van der Waals surface area contributed by atoms with Gasteiger partial charge in [0.25, 0.3) is 0 Å². The third-order valence-corrected chi connectivity index (χ3v) is 9.71. The lowest BCUT2D eigenvalue weighted by atomic mass is 9.96. The molecule has 212 valence electrons. The van der Waals surface area contributed by atoms with Gasteiger partial charge in [-0.25, -0.2) is 13.2 Å². The molecule has 1 aliphatic carbocycles. The summed E-state index contributed by atoms with van der Waals surface area (Å²) >= 11 is 0. The van der Waals surface area contributed by atoms with Gasteiger partial charge in [0.2, 0.25) is 10.0 Å². The Morgan fingerprint density at radius 1 is 1.13 bits per heavy atom. The number of hydrogen-bond acceptors (Lipinski definition) is 5. The summed E-state index contributed by atoms with van der Waals surface area (Å²) in [6.45, 7) is 3.79. The van der Waals surface area contributed by atoms with E-state index in [0.717, 1.165) is 36.8 Å². The summed E-state index contributed by atoms with van der Waals surface area (Å²) in [5.74, 6) is 0.00774. The van der Waals surface area contributed by atoms with Gasteiger partial charge in [-0.1, -0.05) is 74.7 Å². The number of likely N-dealkylation sites (N-methyl/N-ethyl adjacent to an activating group) is 1. The van der Waals surface area contributed by atoms with E-state index in [9.17, 15) is 18.3 Å². The van der Waals surface area contributed by atoms with E-state index in [1.807, 2.05) is 49.4 Å². The van der Waals surface area contributed by atoms with Crippen LogP contribution in [0.5, 0.6) is 5.75 Å². The van der Waals surface area contributed by atoms with Crippen LogP contribution in [0.4, 0.5) is 4.79 Å². The van der Waals surface area contributed by atoms with Gasteiger partial charge in [-0.05, 0) is 43.0 Å². The minimum atomic E-state index is -3.93. The predicted octanol–water partition coefficient (Wildman–Crippen LogP) is 4.60. The van der Waals surface area contributed by atoms with Crippen LogP contribution < -0.4 is 10.1 Å². The van der Waals surface area contributed by atoms with Crippen molar-refractivity contribution in [2.75, 3.05) is 26.7 Å². The molecule has 3 atom stereocenters. The van der Waals surface area contributed by atoms with Crippen molar-refractivity contribution in [2.24, 2.45) is 5.92 Å². The summed E-state index contributed by atoms with van der Waals surface area (Å²) < 4.78 is 35.2. The van der Waals surface area contributed by atoms with E-state index in [0.29, 0.717) is 6.54 Å². The Hall–Kier alpha value is -2.88. The quantitative estimate of drug-likeness (QED) is 0.487. The predicted molar refractivity (Wildman–Crippen MR) is 154 cm³/mol. The zero-order valence-corrected chi connectivity index (χ0v) is 23.9. The number of nitrogens with zero attached hydrogens (tertiary/aromatic N) is 2. The molecule has 2 amide bonds. The molecule has 2 aromatic carbocycles. The number of benzene rings is 2. The molecule has 1 aliphatic heterocycles. The summed E-state index contributed by atoms with van der Waals surface area (Å²) in [6, 6.07) is 14.4. The minimum absolute atomic E-state index is 0.0610. The number of aliphatic hydroxyl groups is 1. The number of sulfonamides is 1. The second-order valence-corrected chi connectivity index (χ2v) is 12.7. The Balaban J connectivity index is 1.62. The van der Waals surface area contributed by atoms with Gasteiger partial charge >= 0.3 is 6.03 Å². The summed E-state index contributed by atoms with van der Waals surface area (Å²) in [6.07, 6.45) is 8.88. The lowest BCUT2D eigenvalue weighted by molar-refractivity contribution is 0.0806. The number of nitrogens with one attached hydrogen (secondary N) is 1. The zero-order chi connectivity index (χ0) is 28.0. The molecule has 0 bridgehead atoms. The van der Waals surface area contributed by atoms with E-state index in [-0.39, 0.29) is 41.8 Å². The first-order valence-electron chi connectivity index (χ1n) is 13.9. The number of ether oxygens (including phenoxy) is 1. The summed E-state index contributed by atoms with van der Waals surface area (Å²) in [4.78, 5) is 14.7. The number of hydrogen-bond donors (Lipinski definition) is 2. The molecule has 0 saturated heterocycles. The molecule has 0 spiro atoms. The van der Waals surface area contributed by atoms with Crippen LogP contribution in [-0.2, 0) is 10.0 Å². The van der Waals surface area contributed by atoms with Crippen molar-refractivity contribution in [1.82, 2.24) is 14.5 Å². The summed E-state index contributed by atoms with van der Waals surface area (Å²) in [5.41, 5.74) is 1.82. The van der Waals surface area contributed by atoms with E-state index in [1.54, 1.807) is 37.1 Å². The maximum atomic E-state index is 13.7. The van der Waals surface area contributed by atoms with E-state index in [2.05, 4.69) is 5.32 Å². The molecule has 1 saturated carbocycles. The number of carbonyl (C=O) groups excluding carboxylic acids is 1. The van der Waals surface area contributed by atoms with Crippen LogP contribution in [0.2, 0.25) is 0 Å². The van der Waals surface area contributed by atoms with Crippen molar-refractivity contribution >= 4 is 28.2 Å². The van der Waals surface area contributed by atoms with Crippen molar-refractivity contribution in [1.29, 1.82) is 0 Å². The fraction of sp³-hybridized carbons (Fsp3) is 0.500. The van der Waals surface area contributed by atoms with E-state index >= 15 is 0 Å². The molecular weight excluding hydrogens is 514 g/mol. The van der Waals surface area contributed by atoms with Gasteiger partial charge in [0.15, 0.2) is 0 Å². The van der Waals surface area contributed by atoms with E-state index < -0.39 is 22.2 Å². The molecule has 0 aromatic heterocycles. The maximum Gasteiger partial charge on any atom is 0.317 e. The molecule has 2 aromatic rings. The van der Waals surface area contributed by atoms with Crippen LogP contribution >= 0.6 is 0 Å². The van der Waals surface area contributed by atoms with Crippen molar-refractivity contribution in [3.8, 4) is 5.75 Å². The molecule has 1 heterocycles. The number of carbonyl (C=O) groups is 1. The highest BCUT2D eigenvalue weighted by Gasteiger charge is 2.38. The van der Waals surface area contributed by atoms with Crippen LogP contribution in [0.15, 0.2) is 53.4 Å². The monoisotopic (exact) mass is 555 g/mol. The topological polar surface area (TPSA) is 99.2 Å². The third-order valence-electron chi connectivity index (χ3n) is 7.69. The Morgan fingerprint density at radius 3 is 2.51 bits per heavy atom. The summed E-state index contributed by atoms with van der Waals surface area (Å²) in [7, 11) is -2.18. The molecule has 39 heavy (non-hydrogen) atoms. The normalized spacial score (nSPS) is 22.8. The molecule has 0 unspecified atom stereocenters. The van der Waals surface area contributed by atoms with Crippen molar-refractivity contribution in [3.05, 3.63) is 59.7 Å². The van der Waals surface area contributed by atoms with Crippen LogP contribution in [0, 0.1) is 5.92 Å². The number of amides is 2. The van der Waals surface area contributed by atoms with Crippen molar-refractivity contribution in [2.45, 2.75) is 69.0 Å². The van der Waals surface area contributed by atoms with E-state index in [4.69, 9.17) is 4.74 Å². The molecule has 9 heteroatoms. The molecule has 8 nitrogen and oxygen atoms in total. The lowest BCUT2D eigenvalue weighted by Crippen LogP contribution is -2.52. The van der Waals surface area contributed by atoms with Crippen LogP contribution in [-0.4, -0.2) is 73.7 Å². The minimum Gasteiger partial charge on any atom is -0.487 e. The smallest absolute Gasteiger partial charge is 0.317 e. The SMILES string of the molecule is C[C@@H]1CN([C@H](C)CO)S(=O)(=O)c2ccc(C=Cc3ccccc3)cc2O[C@@H]1CN(C)C(=O)NC1CCCCC1. The molecule has 1 fully saturated rings. The Labute approximate surface area is 232 Å². The highest BCUT2D eigenvalue weighted by Crippen LogP contribution is 2.34. The number of urea groups is 1. The largest absolute Gasteiger partial charge is 0.487 e. The Morgan fingerprint density at radius 2 is 1.82 bits per heavy atom. The van der Waals surface area contributed by atoms with Gasteiger partial charge in [0.05, 0.1) is 13.2 Å². The van der Waals surface area contributed by atoms with Crippen LogP contribution in [0.25, 0.3) is 12.2 Å². The first-order chi connectivity index (χ1) is 18.7. The second kappa shape index (κ2) is 13.0. The third kappa shape index (κ3) is 7.21. The zero-order valence-electron chi connectivity index (χ0n) is 23.1. The fourth-order valence-electron chi connectivity index (χ4n) is 5.20. The molecule has 4 rings (SSSR count). The average molecular weight is 556 g/mol. The van der Waals surface area contributed by atoms with E-state index in [1.165, 1.54) is 10.7 Å². The summed E-state index contributed by atoms with van der Waals surface area (Å²) in [5, 5.41) is 13.0. The number of rotatable bonds is 7. The number of aliphatic hydroxyl groups excluding tert-OH is 1. The van der Waals surface area contributed by atoms with Gasteiger partial charge in [-0.2, -0.15) is 4.31 Å². The van der Waals surface area contributed by atoms with Crippen molar-refractivity contribution < 1.29 is 23.1 Å². The molecule has 2 N–H and O–H groups in total. The van der Waals surface area contributed by atoms with Gasteiger partial charge in [0, 0.05) is 31.6 Å². The average Bonchev–Trinajstić information content (AvgIpc) is 2.94. The molecule has 0 radical (unpaired) electrons. The van der Waals surface area contributed by atoms with Crippen LogP contribution in [0.1, 0.15) is 57.1 Å². The Bertz CT molecular complexity index is 1240. The molecular formula is C30H41N3O5S. The molecule has 2 aliphatic rings. The highest BCUT2D eigenvalue weighted by molar-refractivity contribution is 7.89. The maximum absolute atomic E-state index is 13.7. The second-order valence-electron chi connectivity index (χ2n) is 10.9.